The van der Waals surface area contributed by atoms with Gasteiger partial charge < -0.3 is 10.6 Å². The van der Waals surface area contributed by atoms with Crippen LogP contribution in [0.1, 0.15) is 18.0 Å². The van der Waals surface area contributed by atoms with Crippen LogP contribution in [0.3, 0.4) is 0 Å². The van der Waals surface area contributed by atoms with E-state index >= 15 is 0 Å². The van der Waals surface area contributed by atoms with E-state index in [9.17, 15) is 13.2 Å². The van der Waals surface area contributed by atoms with E-state index in [1.165, 1.54) is 4.90 Å². The fourth-order valence-corrected chi connectivity index (χ4v) is 4.22. The molecule has 1 aromatic carbocycles. The number of rotatable bonds is 4. The van der Waals surface area contributed by atoms with Crippen LogP contribution in [0.15, 0.2) is 30.3 Å². The number of terminal acetylenes is 1. The highest BCUT2D eigenvalue weighted by Crippen LogP contribution is 2.21. The Hall–Kier alpha value is -1.84. The maximum atomic E-state index is 12.5. The summed E-state index contributed by atoms with van der Waals surface area (Å²) in [6, 6.07) is 7.76. The maximum Gasteiger partial charge on any atom is 0.245 e. The molecule has 21 heavy (non-hydrogen) atoms. The molecular weight excluding hydrogens is 288 g/mol. The van der Waals surface area contributed by atoms with E-state index in [0.29, 0.717) is 12.0 Å². The second kappa shape index (κ2) is 6.29. The van der Waals surface area contributed by atoms with Crippen molar-refractivity contribution in [2.24, 2.45) is 5.73 Å². The number of hydrogen-bond acceptors (Lipinski definition) is 4. The van der Waals surface area contributed by atoms with Crippen LogP contribution in [0.5, 0.6) is 0 Å². The quantitative estimate of drug-likeness (QED) is 0.813. The van der Waals surface area contributed by atoms with E-state index in [1.54, 1.807) is 24.3 Å². The molecule has 5 nitrogen and oxygen atoms in total. The van der Waals surface area contributed by atoms with Crippen LogP contribution in [-0.2, 0) is 14.6 Å². The zero-order chi connectivity index (χ0) is 15.5. The van der Waals surface area contributed by atoms with Crippen molar-refractivity contribution in [1.82, 2.24) is 4.90 Å². The SMILES string of the molecule is C#CCN(C(=O)[C@@H](N)c1ccccc1)C1CCS(=O)(=O)C1. The van der Waals surface area contributed by atoms with Gasteiger partial charge >= 0.3 is 0 Å². The molecule has 112 valence electrons. The molecule has 6 heteroatoms. The summed E-state index contributed by atoms with van der Waals surface area (Å²) in [4.78, 5) is 14.0. The van der Waals surface area contributed by atoms with Crippen molar-refractivity contribution in [2.75, 3.05) is 18.1 Å². The van der Waals surface area contributed by atoms with Crippen LogP contribution < -0.4 is 5.73 Å². The Balaban J connectivity index is 2.19. The molecule has 1 unspecified atom stereocenters. The lowest BCUT2D eigenvalue weighted by Gasteiger charge is -2.29. The fraction of sp³-hybridized carbons (Fsp3) is 0.400. The molecular formula is C15H18N2O3S. The minimum Gasteiger partial charge on any atom is -0.326 e. The average molecular weight is 306 g/mol. The molecule has 1 amide bonds. The predicted octanol–water partition coefficient (Wildman–Crippen LogP) is 0.335. The standard InChI is InChI=1S/C15H18N2O3S/c1-2-9-17(13-8-10-21(19,20)11-13)15(18)14(16)12-6-4-3-5-7-12/h1,3-7,13-14H,8-11,16H2/t13?,14-/m0/s1. The molecule has 2 atom stereocenters. The lowest BCUT2D eigenvalue weighted by atomic mass is 10.1. The van der Waals surface area contributed by atoms with Gasteiger partial charge in [-0.2, -0.15) is 0 Å². The predicted molar refractivity (Wildman–Crippen MR) is 81.0 cm³/mol. The van der Waals surface area contributed by atoms with Gasteiger partial charge in [-0.1, -0.05) is 36.3 Å². The topological polar surface area (TPSA) is 80.5 Å². The van der Waals surface area contributed by atoms with Gasteiger partial charge in [-0.05, 0) is 12.0 Å². The molecule has 2 rings (SSSR count). The van der Waals surface area contributed by atoms with Gasteiger partial charge in [-0.25, -0.2) is 8.42 Å². The lowest BCUT2D eigenvalue weighted by Crippen LogP contribution is -2.45. The van der Waals surface area contributed by atoms with Gasteiger partial charge in [-0.15, -0.1) is 6.42 Å². The molecule has 1 heterocycles. The first-order chi connectivity index (χ1) is 9.94. The summed E-state index contributed by atoms with van der Waals surface area (Å²) in [6.45, 7) is 0.0690. The number of nitrogens with zero attached hydrogens (tertiary/aromatic N) is 1. The van der Waals surface area contributed by atoms with Crippen molar-refractivity contribution < 1.29 is 13.2 Å². The minimum atomic E-state index is -3.09. The largest absolute Gasteiger partial charge is 0.326 e. The first-order valence-corrected chi connectivity index (χ1v) is 8.51. The summed E-state index contributed by atoms with van der Waals surface area (Å²) in [5.41, 5.74) is 6.68. The van der Waals surface area contributed by atoms with Crippen LogP contribution in [0.2, 0.25) is 0 Å². The molecule has 0 saturated carbocycles. The van der Waals surface area contributed by atoms with Gasteiger partial charge in [0.1, 0.15) is 6.04 Å². The van der Waals surface area contributed by atoms with Gasteiger partial charge in [0.2, 0.25) is 5.91 Å². The minimum absolute atomic E-state index is 0.0398. The third kappa shape index (κ3) is 3.63. The van der Waals surface area contributed by atoms with Crippen LogP contribution in [-0.4, -0.2) is 43.3 Å². The Bertz CT molecular complexity index is 649. The number of sulfone groups is 1. The second-order valence-corrected chi connectivity index (χ2v) is 7.34. The third-order valence-electron chi connectivity index (χ3n) is 3.62. The highest BCUT2D eigenvalue weighted by atomic mass is 32.2. The van der Waals surface area contributed by atoms with Gasteiger partial charge in [0.15, 0.2) is 9.84 Å². The van der Waals surface area contributed by atoms with Gasteiger partial charge in [0, 0.05) is 6.04 Å². The van der Waals surface area contributed by atoms with E-state index < -0.39 is 15.9 Å². The molecule has 0 bridgehead atoms. The normalized spacial score (nSPS) is 21.4. The molecule has 1 aliphatic heterocycles. The summed E-state index contributed by atoms with van der Waals surface area (Å²) in [6.07, 6.45) is 5.72. The average Bonchev–Trinajstić information content (AvgIpc) is 2.84. The van der Waals surface area contributed by atoms with E-state index in [1.807, 2.05) is 6.07 Å². The molecule has 1 aliphatic rings. The zero-order valence-corrected chi connectivity index (χ0v) is 12.4. The molecule has 0 aliphatic carbocycles. The second-order valence-electron chi connectivity index (χ2n) is 5.12. The number of benzene rings is 1. The van der Waals surface area contributed by atoms with E-state index in [4.69, 9.17) is 12.2 Å². The van der Waals surface area contributed by atoms with Crippen molar-refractivity contribution in [1.29, 1.82) is 0 Å². The summed E-state index contributed by atoms with van der Waals surface area (Å²) in [5.74, 6) is 2.13. The van der Waals surface area contributed by atoms with Crippen molar-refractivity contribution in [2.45, 2.75) is 18.5 Å². The fourth-order valence-electron chi connectivity index (χ4n) is 2.49. The van der Waals surface area contributed by atoms with Crippen molar-refractivity contribution in [3.8, 4) is 12.3 Å². The van der Waals surface area contributed by atoms with Crippen LogP contribution in [0.4, 0.5) is 0 Å². The Labute approximate surface area is 125 Å². The summed E-state index contributed by atoms with van der Waals surface area (Å²) >= 11 is 0. The zero-order valence-electron chi connectivity index (χ0n) is 11.6. The highest BCUT2D eigenvalue weighted by molar-refractivity contribution is 7.91. The van der Waals surface area contributed by atoms with Crippen molar-refractivity contribution in [3.63, 3.8) is 0 Å². The summed E-state index contributed by atoms with van der Waals surface area (Å²) in [5, 5.41) is 0. The van der Waals surface area contributed by atoms with E-state index in [2.05, 4.69) is 5.92 Å². The summed E-state index contributed by atoms with van der Waals surface area (Å²) < 4.78 is 23.2. The third-order valence-corrected chi connectivity index (χ3v) is 5.37. The molecule has 1 saturated heterocycles. The monoisotopic (exact) mass is 306 g/mol. The van der Waals surface area contributed by atoms with Crippen LogP contribution in [0.25, 0.3) is 0 Å². The molecule has 0 radical (unpaired) electrons. The first kappa shape index (κ1) is 15.5. The highest BCUT2D eigenvalue weighted by Gasteiger charge is 2.36. The number of hydrogen-bond donors (Lipinski definition) is 1. The Morgan fingerprint density at radius 3 is 2.62 bits per heavy atom. The lowest BCUT2D eigenvalue weighted by molar-refractivity contribution is -0.133. The Morgan fingerprint density at radius 1 is 1.43 bits per heavy atom. The van der Waals surface area contributed by atoms with E-state index in [-0.39, 0.29) is 30.0 Å². The van der Waals surface area contributed by atoms with Crippen molar-refractivity contribution >= 4 is 15.7 Å². The molecule has 0 spiro atoms. The first-order valence-electron chi connectivity index (χ1n) is 6.69. The summed E-state index contributed by atoms with van der Waals surface area (Å²) in [7, 11) is -3.09. The molecule has 0 aromatic heterocycles. The number of nitrogens with two attached hydrogens (primary N) is 1. The van der Waals surface area contributed by atoms with Gasteiger partial charge in [-0.3, -0.25) is 4.79 Å². The van der Waals surface area contributed by atoms with Crippen molar-refractivity contribution in [3.05, 3.63) is 35.9 Å². The Kier molecular flexibility index (Phi) is 4.66. The molecule has 1 fully saturated rings. The van der Waals surface area contributed by atoms with Crippen LogP contribution >= 0.6 is 0 Å². The molecule has 2 N–H and O–H groups in total. The maximum absolute atomic E-state index is 12.5. The Morgan fingerprint density at radius 2 is 2.10 bits per heavy atom. The smallest absolute Gasteiger partial charge is 0.245 e. The number of carbonyl (C=O) groups is 1. The van der Waals surface area contributed by atoms with Crippen LogP contribution in [0, 0.1) is 12.3 Å². The van der Waals surface area contributed by atoms with Gasteiger partial charge in [0.05, 0.1) is 18.1 Å². The number of carbonyl (C=O) groups excluding carboxylic acids is 1. The van der Waals surface area contributed by atoms with Gasteiger partial charge in [0.25, 0.3) is 0 Å². The molecule has 1 aromatic rings. The van der Waals surface area contributed by atoms with E-state index in [0.717, 1.165) is 0 Å². The number of amides is 1.